The monoisotopic (exact) mass is 333 g/mol. The van der Waals surface area contributed by atoms with Gasteiger partial charge in [0.25, 0.3) is 5.91 Å². The summed E-state index contributed by atoms with van der Waals surface area (Å²) in [6, 6.07) is 7.19. The first kappa shape index (κ1) is 17.8. The van der Waals surface area contributed by atoms with E-state index in [2.05, 4.69) is 5.32 Å². The highest BCUT2D eigenvalue weighted by molar-refractivity contribution is 5.94. The predicted octanol–water partition coefficient (Wildman–Crippen LogP) is 1.24. The molecule has 7 heteroatoms. The lowest BCUT2D eigenvalue weighted by Crippen LogP contribution is -2.50. The van der Waals surface area contributed by atoms with E-state index in [1.54, 1.807) is 28.9 Å². The number of carbonyl (C=O) groups excluding carboxylic acids is 3. The summed E-state index contributed by atoms with van der Waals surface area (Å²) in [6.07, 6.45) is -0.327. The van der Waals surface area contributed by atoms with E-state index in [9.17, 15) is 14.4 Å². The Kier molecular flexibility index (Phi) is 6.17. The molecule has 7 nitrogen and oxygen atoms in total. The molecular weight excluding hydrogens is 310 g/mol. The zero-order valence-electron chi connectivity index (χ0n) is 14.1. The molecule has 0 unspecified atom stereocenters. The highest BCUT2D eigenvalue weighted by atomic mass is 16.6. The van der Waals surface area contributed by atoms with Crippen molar-refractivity contribution in [3.05, 3.63) is 35.4 Å². The van der Waals surface area contributed by atoms with Crippen molar-refractivity contribution in [2.24, 2.45) is 0 Å². The van der Waals surface area contributed by atoms with Crippen molar-refractivity contribution in [1.29, 1.82) is 0 Å². The van der Waals surface area contributed by atoms with Crippen LogP contribution in [-0.2, 0) is 16.1 Å². The number of amides is 3. The predicted molar refractivity (Wildman–Crippen MR) is 88.5 cm³/mol. The van der Waals surface area contributed by atoms with Crippen molar-refractivity contribution in [2.75, 3.05) is 32.8 Å². The Balaban J connectivity index is 1.88. The fourth-order valence-corrected chi connectivity index (χ4v) is 2.48. The Morgan fingerprint density at radius 1 is 1.04 bits per heavy atom. The number of hydrogen-bond acceptors (Lipinski definition) is 4. The lowest BCUT2D eigenvalue weighted by Gasteiger charge is -2.34. The normalized spacial score (nSPS) is 14.2. The summed E-state index contributed by atoms with van der Waals surface area (Å²) >= 11 is 0. The van der Waals surface area contributed by atoms with Crippen LogP contribution in [0.4, 0.5) is 4.79 Å². The summed E-state index contributed by atoms with van der Waals surface area (Å²) in [5, 5.41) is 2.72. The number of benzene rings is 1. The highest BCUT2D eigenvalue weighted by Crippen LogP contribution is 2.11. The van der Waals surface area contributed by atoms with Gasteiger partial charge in [-0.1, -0.05) is 12.1 Å². The van der Waals surface area contributed by atoms with Gasteiger partial charge in [0.15, 0.2) is 0 Å². The first-order valence-corrected chi connectivity index (χ1v) is 8.05. The topological polar surface area (TPSA) is 79.0 Å². The van der Waals surface area contributed by atoms with Gasteiger partial charge in [-0.25, -0.2) is 4.79 Å². The van der Waals surface area contributed by atoms with E-state index >= 15 is 0 Å². The van der Waals surface area contributed by atoms with E-state index in [1.807, 2.05) is 12.1 Å². The van der Waals surface area contributed by atoms with Crippen molar-refractivity contribution in [3.8, 4) is 0 Å². The maximum Gasteiger partial charge on any atom is 0.409 e. The van der Waals surface area contributed by atoms with Crippen LogP contribution in [0, 0.1) is 0 Å². The van der Waals surface area contributed by atoms with Gasteiger partial charge in [0, 0.05) is 45.2 Å². The average molecular weight is 333 g/mol. The Hall–Kier alpha value is -2.57. The molecule has 1 heterocycles. The maximum absolute atomic E-state index is 12.5. The van der Waals surface area contributed by atoms with Crippen LogP contribution in [0.25, 0.3) is 0 Å². The van der Waals surface area contributed by atoms with Crippen LogP contribution in [0.2, 0.25) is 0 Å². The molecule has 1 aromatic carbocycles. The minimum absolute atomic E-state index is 0.0513. The molecule has 24 heavy (non-hydrogen) atoms. The number of rotatable bonds is 4. The van der Waals surface area contributed by atoms with Gasteiger partial charge in [-0.05, 0) is 24.6 Å². The summed E-state index contributed by atoms with van der Waals surface area (Å²) in [5.41, 5.74) is 1.54. The average Bonchev–Trinajstić information content (AvgIpc) is 2.60. The van der Waals surface area contributed by atoms with Crippen molar-refractivity contribution >= 4 is 17.9 Å². The third-order valence-corrected chi connectivity index (χ3v) is 3.84. The molecule has 0 spiro atoms. The molecule has 1 aliphatic heterocycles. The second-order valence-corrected chi connectivity index (χ2v) is 5.58. The second kappa shape index (κ2) is 8.33. The number of hydrogen-bond donors (Lipinski definition) is 1. The third-order valence-electron chi connectivity index (χ3n) is 3.84. The van der Waals surface area contributed by atoms with Gasteiger partial charge in [0.05, 0.1) is 6.61 Å². The summed E-state index contributed by atoms with van der Waals surface area (Å²) < 4.78 is 4.97. The summed E-state index contributed by atoms with van der Waals surface area (Å²) in [5.74, 6) is -0.140. The molecule has 1 N–H and O–H groups in total. The Bertz CT molecular complexity index is 592. The van der Waals surface area contributed by atoms with Crippen LogP contribution in [0.15, 0.2) is 24.3 Å². The third kappa shape index (κ3) is 4.71. The molecule has 2 rings (SSSR count). The van der Waals surface area contributed by atoms with Crippen LogP contribution in [-0.4, -0.2) is 60.5 Å². The Morgan fingerprint density at radius 3 is 2.17 bits per heavy atom. The SMILES string of the molecule is CCOC(=O)N1CCN(C(=O)c2ccc(CNC(C)=O)cc2)CC1. The van der Waals surface area contributed by atoms with Crippen LogP contribution in [0.5, 0.6) is 0 Å². The first-order valence-electron chi connectivity index (χ1n) is 8.05. The van der Waals surface area contributed by atoms with E-state index in [1.165, 1.54) is 6.92 Å². The molecule has 1 aromatic rings. The fraction of sp³-hybridized carbons (Fsp3) is 0.471. The van der Waals surface area contributed by atoms with Crippen LogP contribution >= 0.6 is 0 Å². The van der Waals surface area contributed by atoms with E-state index in [0.29, 0.717) is 44.9 Å². The highest BCUT2D eigenvalue weighted by Gasteiger charge is 2.25. The number of carbonyl (C=O) groups is 3. The van der Waals surface area contributed by atoms with Gasteiger partial charge < -0.3 is 19.9 Å². The van der Waals surface area contributed by atoms with Gasteiger partial charge >= 0.3 is 6.09 Å². The molecular formula is C17H23N3O4. The number of piperazine rings is 1. The van der Waals surface area contributed by atoms with Crippen molar-refractivity contribution in [3.63, 3.8) is 0 Å². The molecule has 3 amide bonds. The quantitative estimate of drug-likeness (QED) is 0.899. The Labute approximate surface area is 141 Å². The number of nitrogens with zero attached hydrogens (tertiary/aromatic N) is 2. The van der Waals surface area contributed by atoms with E-state index in [0.717, 1.165) is 5.56 Å². The van der Waals surface area contributed by atoms with Gasteiger partial charge in [0.2, 0.25) is 5.91 Å². The van der Waals surface area contributed by atoms with E-state index in [4.69, 9.17) is 4.74 Å². The summed E-state index contributed by atoms with van der Waals surface area (Å²) in [6.45, 7) is 5.97. The zero-order chi connectivity index (χ0) is 17.5. The molecule has 1 saturated heterocycles. The molecule has 0 atom stereocenters. The second-order valence-electron chi connectivity index (χ2n) is 5.58. The fourth-order valence-electron chi connectivity index (χ4n) is 2.48. The lowest BCUT2D eigenvalue weighted by atomic mass is 10.1. The summed E-state index contributed by atoms with van der Waals surface area (Å²) in [7, 11) is 0. The Morgan fingerprint density at radius 2 is 1.62 bits per heavy atom. The minimum Gasteiger partial charge on any atom is -0.450 e. The summed E-state index contributed by atoms with van der Waals surface area (Å²) in [4.78, 5) is 38.4. The lowest BCUT2D eigenvalue weighted by molar-refractivity contribution is -0.119. The molecule has 1 aliphatic rings. The largest absolute Gasteiger partial charge is 0.450 e. The molecule has 0 saturated carbocycles. The minimum atomic E-state index is -0.327. The van der Waals surface area contributed by atoms with Crippen molar-refractivity contribution < 1.29 is 19.1 Å². The van der Waals surface area contributed by atoms with Crippen LogP contribution < -0.4 is 5.32 Å². The molecule has 0 aliphatic carbocycles. The molecule has 0 bridgehead atoms. The molecule has 130 valence electrons. The van der Waals surface area contributed by atoms with Crippen molar-refractivity contribution in [1.82, 2.24) is 15.1 Å². The smallest absolute Gasteiger partial charge is 0.409 e. The maximum atomic E-state index is 12.5. The zero-order valence-corrected chi connectivity index (χ0v) is 14.1. The molecule has 1 fully saturated rings. The molecule has 0 radical (unpaired) electrons. The number of ether oxygens (including phenoxy) is 1. The van der Waals surface area contributed by atoms with Crippen LogP contribution in [0.1, 0.15) is 29.8 Å². The van der Waals surface area contributed by atoms with E-state index < -0.39 is 0 Å². The van der Waals surface area contributed by atoms with E-state index in [-0.39, 0.29) is 17.9 Å². The number of nitrogens with one attached hydrogen (secondary N) is 1. The van der Waals surface area contributed by atoms with Crippen molar-refractivity contribution in [2.45, 2.75) is 20.4 Å². The standard InChI is InChI=1S/C17H23N3O4/c1-3-24-17(23)20-10-8-19(9-11-20)16(22)15-6-4-14(5-7-15)12-18-13(2)21/h4-7H,3,8-12H2,1-2H3,(H,18,21). The van der Waals surface area contributed by atoms with Crippen LogP contribution in [0.3, 0.4) is 0 Å². The van der Waals surface area contributed by atoms with Gasteiger partial charge in [-0.15, -0.1) is 0 Å². The van der Waals surface area contributed by atoms with Gasteiger partial charge in [-0.3, -0.25) is 9.59 Å². The van der Waals surface area contributed by atoms with Gasteiger partial charge in [-0.2, -0.15) is 0 Å². The first-order chi connectivity index (χ1) is 11.5. The molecule has 0 aromatic heterocycles. The van der Waals surface area contributed by atoms with Gasteiger partial charge in [0.1, 0.15) is 0 Å².